The molecule has 0 spiro atoms. The lowest BCUT2D eigenvalue weighted by molar-refractivity contribution is 0.169. The van der Waals surface area contributed by atoms with Gasteiger partial charge < -0.3 is 20.4 Å². The van der Waals surface area contributed by atoms with Crippen LogP contribution in [0.5, 0.6) is 0 Å². The van der Waals surface area contributed by atoms with Crippen LogP contribution in [0.2, 0.25) is 0 Å². The Morgan fingerprint density at radius 1 is 1.28 bits per heavy atom. The molecular formula is C12H24N4O2. The third-order valence-electron chi connectivity index (χ3n) is 3.03. The van der Waals surface area contributed by atoms with Crippen molar-refractivity contribution in [2.45, 2.75) is 19.8 Å². The molecular weight excluding hydrogens is 232 g/mol. The second-order valence-electron chi connectivity index (χ2n) is 5.05. The molecule has 2 N–H and O–H groups in total. The van der Waals surface area contributed by atoms with E-state index >= 15 is 0 Å². The molecule has 6 nitrogen and oxygen atoms in total. The molecule has 1 aliphatic heterocycles. The Morgan fingerprint density at radius 3 is 2.56 bits per heavy atom. The molecule has 1 atom stereocenters. The van der Waals surface area contributed by atoms with E-state index in [-0.39, 0.29) is 12.1 Å². The number of nitrogens with one attached hydrogen (secondary N) is 2. The third-order valence-corrected chi connectivity index (χ3v) is 3.03. The van der Waals surface area contributed by atoms with Gasteiger partial charge in [0.2, 0.25) is 0 Å². The lowest BCUT2D eigenvalue weighted by Gasteiger charge is -2.30. The van der Waals surface area contributed by atoms with Crippen LogP contribution in [0.3, 0.4) is 0 Å². The summed E-state index contributed by atoms with van der Waals surface area (Å²) in [5.41, 5.74) is 0. The molecule has 1 fully saturated rings. The first-order valence-corrected chi connectivity index (χ1v) is 6.48. The highest BCUT2D eigenvalue weighted by atomic mass is 16.2. The minimum Gasteiger partial charge on any atom is -0.336 e. The minimum absolute atomic E-state index is 0.0272. The predicted molar refractivity (Wildman–Crippen MR) is 70.5 cm³/mol. The molecule has 0 aromatic carbocycles. The van der Waals surface area contributed by atoms with Crippen molar-refractivity contribution < 1.29 is 9.59 Å². The van der Waals surface area contributed by atoms with Crippen molar-refractivity contribution >= 4 is 12.1 Å². The van der Waals surface area contributed by atoms with E-state index in [1.165, 1.54) is 11.3 Å². The van der Waals surface area contributed by atoms with Gasteiger partial charge >= 0.3 is 12.1 Å². The third kappa shape index (κ3) is 4.81. The average Bonchev–Trinajstić information content (AvgIpc) is 2.33. The van der Waals surface area contributed by atoms with E-state index < -0.39 is 0 Å². The molecule has 0 aromatic rings. The summed E-state index contributed by atoms with van der Waals surface area (Å²) < 4.78 is 0. The smallest absolute Gasteiger partial charge is 0.317 e. The van der Waals surface area contributed by atoms with E-state index in [2.05, 4.69) is 17.6 Å². The van der Waals surface area contributed by atoms with Crippen molar-refractivity contribution in [2.75, 3.05) is 40.3 Å². The van der Waals surface area contributed by atoms with E-state index in [1.54, 1.807) is 14.1 Å². The number of hydrogen-bond donors (Lipinski definition) is 2. The highest BCUT2D eigenvalue weighted by Crippen LogP contribution is 2.14. The minimum atomic E-state index is -0.143. The number of piperidine rings is 1. The zero-order chi connectivity index (χ0) is 13.5. The number of likely N-dealkylation sites (tertiary alicyclic amines) is 1. The van der Waals surface area contributed by atoms with Gasteiger partial charge in [0.05, 0.1) is 0 Å². The van der Waals surface area contributed by atoms with Crippen molar-refractivity contribution in [2.24, 2.45) is 5.92 Å². The van der Waals surface area contributed by atoms with Gasteiger partial charge in [0.25, 0.3) is 0 Å². The topological polar surface area (TPSA) is 64.7 Å². The first kappa shape index (κ1) is 14.6. The fourth-order valence-corrected chi connectivity index (χ4v) is 1.98. The summed E-state index contributed by atoms with van der Waals surface area (Å²) in [6.45, 7) is 4.74. The second kappa shape index (κ2) is 7.08. The number of rotatable bonds is 3. The SMILES string of the molecule is CC1CCCN(C(=O)NCCNC(=O)N(C)C)C1. The van der Waals surface area contributed by atoms with Crippen LogP contribution in [0.1, 0.15) is 19.8 Å². The van der Waals surface area contributed by atoms with Gasteiger partial charge in [-0.25, -0.2) is 9.59 Å². The molecule has 1 unspecified atom stereocenters. The molecule has 18 heavy (non-hydrogen) atoms. The molecule has 0 bridgehead atoms. The number of amides is 4. The lowest BCUT2D eigenvalue weighted by Crippen LogP contribution is -2.47. The Kier molecular flexibility index (Phi) is 5.74. The maximum atomic E-state index is 11.8. The van der Waals surface area contributed by atoms with Crippen LogP contribution in [0, 0.1) is 5.92 Å². The molecule has 0 radical (unpaired) electrons. The summed E-state index contributed by atoms with van der Waals surface area (Å²) in [6.07, 6.45) is 2.27. The number of urea groups is 2. The molecule has 0 aromatic heterocycles. The van der Waals surface area contributed by atoms with Crippen molar-refractivity contribution in [3.63, 3.8) is 0 Å². The first-order chi connectivity index (χ1) is 8.50. The maximum Gasteiger partial charge on any atom is 0.317 e. The number of nitrogens with zero attached hydrogens (tertiary/aromatic N) is 2. The molecule has 0 aliphatic carbocycles. The molecule has 1 heterocycles. The molecule has 1 rings (SSSR count). The van der Waals surface area contributed by atoms with Crippen molar-refractivity contribution in [3.05, 3.63) is 0 Å². The van der Waals surface area contributed by atoms with Crippen LogP contribution in [-0.4, -0.2) is 62.1 Å². The van der Waals surface area contributed by atoms with Crippen LogP contribution in [0.25, 0.3) is 0 Å². The summed E-state index contributed by atoms with van der Waals surface area (Å²) in [4.78, 5) is 26.4. The van der Waals surface area contributed by atoms with E-state index in [9.17, 15) is 9.59 Å². The van der Waals surface area contributed by atoms with Gasteiger partial charge in [-0.2, -0.15) is 0 Å². The van der Waals surface area contributed by atoms with E-state index in [4.69, 9.17) is 0 Å². The van der Waals surface area contributed by atoms with Gasteiger partial charge in [0.1, 0.15) is 0 Å². The van der Waals surface area contributed by atoms with Gasteiger partial charge in [-0.3, -0.25) is 0 Å². The van der Waals surface area contributed by atoms with Crippen LogP contribution < -0.4 is 10.6 Å². The molecule has 104 valence electrons. The van der Waals surface area contributed by atoms with E-state index in [0.717, 1.165) is 19.5 Å². The Labute approximate surface area is 109 Å². The van der Waals surface area contributed by atoms with Crippen molar-refractivity contribution in [1.82, 2.24) is 20.4 Å². The van der Waals surface area contributed by atoms with Gasteiger partial charge in [-0.15, -0.1) is 0 Å². The van der Waals surface area contributed by atoms with Gasteiger partial charge in [-0.1, -0.05) is 6.92 Å². The van der Waals surface area contributed by atoms with Crippen LogP contribution in [0.4, 0.5) is 9.59 Å². The summed E-state index contributed by atoms with van der Waals surface area (Å²) in [5.74, 6) is 0.581. The monoisotopic (exact) mass is 256 g/mol. The van der Waals surface area contributed by atoms with Crippen LogP contribution >= 0.6 is 0 Å². The fraction of sp³-hybridized carbons (Fsp3) is 0.833. The molecule has 1 aliphatic rings. The number of carbonyl (C=O) groups is 2. The van der Waals surface area contributed by atoms with Crippen molar-refractivity contribution in [1.29, 1.82) is 0 Å². The molecule has 1 saturated heterocycles. The predicted octanol–water partition coefficient (Wildman–Crippen LogP) is 0.699. The Hall–Kier alpha value is -1.46. The average molecular weight is 256 g/mol. The fourth-order valence-electron chi connectivity index (χ4n) is 1.98. The summed E-state index contributed by atoms with van der Waals surface area (Å²) in [5, 5.41) is 5.52. The summed E-state index contributed by atoms with van der Waals surface area (Å²) in [6, 6.07) is -0.170. The van der Waals surface area contributed by atoms with E-state index in [0.29, 0.717) is 19.0 Å². The molecule has 4 amide bonds. The van der Waals surface area contributed by atoms with Gasteiger partial charge in [0.15, 0.2) is 0 Å². The van der Waals surface area contributed by atoms with Crippen LogP contribution in [0.15, 0.2) is 0 Å². The summed E-state index contributed by atoms with van der Waals surface area (Å²) in [7, 11) is 3.37. The van der Waals surface area contributed by atoms with Gasteiger partial charge in [-0.05, 0) is 18.8 Å². The second-order valence-corrected chi connectivity index (χ2v) is 5.05. The number of carbonyl (C=O) groups excluding carboxylic acids is 2. The summed E-state index contributed by atoms with van der Waals surface area (Å²) >= 11 is 0. The quantitative estimate of drug-likeness (QED) is 0.730. The Morgan fingerprint density at radius 2 is 1.94 bits per heavy atom. The molecule has 0 saturated carbocycles. The van der Waals surface area contributed by atoms with Gasteiger partial charge in [0, 0.05) is 40.3 Å². The molecule has 6 heteroatoms. The number of hydrogen-bond acceptors (Lipinski definition) is 2. The van der Waals surface area contributed by atoms with Crippen LogP contribution in [-0.2, 0) is 0 Å². The lowest BCUT2D eigenvalue weighted by atomic mass is 10.0. The first-order valence-electron chi connectivity index (χ1n) is 6.48. The highest BCUT2D eigenvalue weighted by molar-refractivity contribution is 5.75. The Balaban J connectivity index is 2.15. The normalized spacial score (nSPS) is 19.3. The maximum absolute atomic E-state index is 11.8. The highest BCUT2D eigenvalue weighted by Gasteiger charge is 2.20. The van der Waals surface area contributed by atoms with Crippen molar-refractivity contribution in [3.8, 4) is 0 Å². The zero-order valence-electron chi connectivity index (χ0n) is 11.5. The largest absolute Gasteiger partial charge is 0.336 e. The zero-order valence-corrected chi connectivity index (χ0v) is 11.5. The Bertz CT molecular complexity index is 294. The standard InChI is InChI=1S/C12H24N4O2/c1-10-5-4-8-16(9-10)12(18)14-7-6-13-11(17)15(2)3/h10H,4-9H2,1-3H3,(H,13,17)(H,14,18). The van der Waals surface area contributed by atoms with E-state index in [1.807, 2.05) is 4.90 Å².